The lowest BCUT2D eigenvalue weighted by Gasteiger charge is -2.27. The highest BCUT2D eigenvalue weighted by atomic mass is 79.9. The van der Waals surface area contributed by atoms with Gasteiger partial charge in [0.25, 0.3) is 5.56 Å². The van der Waals surface area contributed by atoms with Crippen molar-refractivity contribution >= 4 is 27.5 Å². The lowest BCUT2D eigenvalue weighted by atomic mass is 10.1. The number of hydrogen-bond acceptors (Lipinski definition) is 4. The van der Waals surface area contributed by atoms with Crippen LogP contribution in [0.1, 0.15) is 26.3 Å². The fraction of sp³-hybridized carbons (Fsp3) is 0.500. The van der Waals surface area contributed by atoms with Crippen LogP contribution >= 0.6 is 15.9 Å². The first kappa shape index (κ1) is 13.3. The SMILES string of the molecule is CCNC1N=C(C)c2cc(Br)c(=O)n(CC)c2N1. The summed E-state index contributed by atoms with van der Waals surface area (Å²) in [5, 5.41) is 6.47. The lowest BCUT2D eigenvalue weighted by molar-refractivity contribution is 0.585. The number of rotatable bonds is 3. The average molecular weight is 313 g/mol. The van der Waals surface area contributed by atoms with E-state index in [0.29, 0.717) is 11.0 Å². The molecule has 5 nitrogen and oxygen atoms in total. The van der Waals surface area contributed by atoms with Gasteiger partial charge in [-0.2, -0.15) is 0 Å². The summed E-state index contributed by atoms with van der Waals surface area (Å²) in [4.78, 5) is 16.6. The van der Waals surface area contributed by atoms with Crippen molar-refractivity contribution in [3.05, 3.63) is 26.5 Å². The molecule has 1 unspecified atom stereocenters. The number of nitrogens with zero attached hydrogens (tertiary/aromatic N) is 2. The molecule has 0 saturated heterocycles. The molecule has 0 bridgehead atoms. The van der Waals surface area contributed by atoms with E-state index < -0.39 is 0 Å². The van der Waals surface area contributed by atoms with Gasteiger partial charge in [0, 0.05) is 17.8 Å². The van der Waals surface area contributed by atoms with Crippen molar-refractivity contribution < 1.29 is 0 Å². The van der Waals surface area contributed by atoms with Crippen molar-refractivity contribution in [3.8, 4) is 0 Å². The fourth-order valence-electron chi connectivity index (χ4n) is 2.08. The molecule has 0 radical (unpaired) electrons. The first-order valence-corrected chi connectivity index (χ1v) is 6.85. The van der Waals surface area contributed by atoms with E-state index in [4.69, 9.17) is 0 Å². The highest BCUT2D eigenvalue weighted by Crippen LogP contribution is 2.23. The Labute approximate surface area is 114 Å². The third kappa shape index (κ3) is 2.22. The molecule has 2 heterocycles. The first-order chi connectivity index (χ1) is 8.58. The molecule has 0 saturated carbocycles. The van der Waals surface area contributed by atoms with Crippen molar-refractivity contribution in [3.63, 3.8) is 0 Å². The standard InChI is InChI=1S/C12H17BrN4O/c1-4-14-12-15-7(3)8-6-9(13)11(18)17(5-2)10(8)16-12/h6,12,14,16H,4-5H2,1-3H3. The Hall–Kier alpha value is -1.14. The van der Waals surface area contributed by atoms with Crippen LogP contribution in [0, 0.1) is 0 Å². The molecule has 1 aliphatic rings. The summed E-state index contributed by atoms with van der Waals surface area (Å²) in [5.74, 6) is 0.837. The van der Waals surface area contributed by atoms with Crippen molar-refractivity contribution in [2.24, 2.45) is 4.99 Å². The highest BCUT2D eigenvalue weighted by molar-refractivity contribution is 9.10. The molecule has 1 atom stereocenters. The number of aromatic nitrogens is 1. The van der Waals surface area contributed by atoms with E-state index >= 15 is 0 Å². The quantitative estimate of drug-likeness (QED) is 0.894. The van der Waals surface area contributed by atoms with Crippen LogP contribution in [0.5, 0.6) is 0 Å². The van der Waals surface area contributed by atoms with E-state index in [1.165, 1.54) is 0 Å². The number of halogens is 1. The Morgan fingerprint density at radius 2 is 2.28 bits per heavy atom. The van der Waals surface area contributed by atoms with Crippen LogP contribution < -0.4 is 16.2 Å². The Kier molecular flexibility index (Phi) is 3.87. The predicted molar refractivity (Wildman–Crippen MR) is 77.4 cm³/mol. The minimum Gasteiger partial charge on any atom is -0.337 e. The van der Waals surface area contributed by atoms with E-state index in [2.05, 4.69) is 31.6 Å². The number of pyridine rings is 1. The largest absolute Gasteiger partial charge is 0.337 e. The lowest BCUT2D eigenvalue weighted by Crippen LogP contribution is -2.41. The maximum absolute atomic E-state index is 12.1. The topological polar surface area (TPSA) is 58.4 Å². The van der Waals surface area contributed by atoms with Crippen molar-refractivity contribution in [1.29, 1.82) is 0 Å². The molecule has 0 aliphatic carbocycles. The van der Waals surface area contributed by atoms with Gasteiger partial charge < -0.3 is 5.32 Å². The number of aliphatic imine (C=N–C) groups is 1. The summed E-state index contributed by atoms with van der Waals surface area (Å²) >= 11 is 3.31. The molecule has 2 rings (SSSR count). The molecule has 2 N–H and O–H groups in total. The van der Waals surface area contributed by atoms with Gasteiger partial charge in [0.15, 0.2) is 6.29 Å². The second kappa shape index (κ2) is 5.24. The zero-order valence-corrected chi connectivity index (χ0v) is 12.3. The minimum atomic E-state index is -0.166. The van der Waals surface area contributed by atoms with E-state index in [-0.39, 0.29) is 11.8 Å². The third-order valence-corrected chi connectivity index (χ3v) is 3.51. The van der Waals surface area contributed by atoms with E-state index in [9.17, 15) is 4.79 Å². The molecular weight excluding hydrogens is 296 g/mol. The molecule has 18 heavy (non-hydrogen) atoms. The number of hydrogen-bond donors (Lipinski definition) is 2. The minimum absolute atomic E-state index is 0.0197. The summed E-state index contributed by atoms with van der Waals surface area (Å²) in [7, 11) is 0. The molecule has 0 aromatic carbocycles. The highest BCUT2D eigenvalue weighted by Gasteiger charge is 2.21. The summed E-state index contributed by atoms with van der Waals surface area (Å²) in [6.07, 6.45) is -0.166. The molecule has 0 fully saturated rings. The monoisotopic (exact) mass is 312 g/mol. The maximum Gasteiger partial charge on any atom is 0.266 e. The zero-order valence-electron chi connectivity index (χ0n) is 10.7. The van der Waals surface area contributed by atoms with Crippen LogP contribution in [-0.4, -0.2) is 23.1 Å². The molecule has 1 aromatic rings. The van der Waals surface area contributed by atoms with Crippen molar-refractivity contribution in [2.45, 2.75) is 33.6 Å². The zero-order chi connectivity index (χ0) is 13.3. The smallest absolute Gasteiger partial charge is 0.266 e. The van der Waals surface area contributed by atoms with Gasteiger partial charge in [0.05, 0.1) is 4.47 Å². The second-order valence-corrected chi connectivity index (χ2v) is 4.98. The van der Waals surface area contributed by atoms with Crippen LogP contribution in [0.2, 0.25) is 0 Å². The van der Waals surface area contributed by atoms with Gasteiger partial charge in [-0.05, 0) is 42.4 Å². The normalized spacial score (nSPS) is 18.0. The fourth-order valence-corrected chi connectivity index (χ4v) is 2.52. The molecule has 6 heteroatoms. The Balaban J connectivity index is 2.57. The first-order valence-electron chi connectivity index (χ1n) is 6.06. The average Bonchev–Trinajstić information content (AvgIpc) is 2.33. The summed E-state index contributed by atoms with van der Waals surface area (Å²) in [6, 6.07) is 1.83. The molecule has 0 amide bonds. The Morgan fingerprint density at radius 1 is 1.56 bits per heavy atom. The summed E-state index contributed by atoms with van der Waals surface area (Å²) in [6.45, 7) is 7.38. The number of anilines is 1. The summed E-state index contributed by atoms with van der Waals surface area (Å²) in [5.41, 5.74) is 1.88. The van der Waals surface area contributed by atoms with Gasteiger partial charge in [0.1, 0.15) is 5.82 Å². The van der Waals surface area contributed by atoms with Gasteiger partial charge in [0.2, 0.25) is 0 Å². The van der Waals surface area contributed by atoms with E-state index in [1.54, 1.807) is 4.57 Å². The predicted octanol–water partition coefficient (Wildman–Crippen LogP) is 1.76. The Morgan fingerprint density at radius 3 is 2.89 bits per heavy atom. The maximum atomic E-state index is 12.1. The molecule has 98 valence electrons. The number of nitrogens with one attached hydrogen (secondary N) is 2. The van der Waals surface area contributed by atoms with E-state index in [0.717, 1.165) is 23.6 Å². The van der Waals surface area contributed by atoms with Gasteiger partial charge in [-0.25, -0.2) is 4.99 Å². The van der Waals surface area contributed by atoms with Crippen LogP contribution in [0.4, 0.5) is 5.82 Å². The van der Waals surface area contributed by atoms with E-state index in [1.807, 2.05) is 26.8 Å². The third-order valence-electron chi connectivity index (χ3n) is 2.95. The van der Waals surface area contributed by atoms with Gasteiger partial charge in [-0.3, -0.25) is 14.7 Å². The molecule has 1 aromatic heterocycles. The molecule has 0 spiro atoms. The van der Waals surface area contributed by atoms with Gasteiger partial charge in [-0.15, -0.1) is 0 Å². The van der Waals surface area contributed by atoms with Crippen LogP contribution in [0.15, 0.2) is 20.3 Å². The van der Waals surface area contributed by atoms with Gasteiger partial charge in [-0.1, -0.05) is 6.92 Å². The van der Waals surface area contributed by atoms with Crippen LogP contribution in [0.25, 0.3) is 0 Å². The summed E-state index contributed by atoms with van der Waals surface area (Å²) < 4.78 is 2.29. The van der Waals surface area contributed by atoms with Crippen molar-refractivity contribution in [1.82, 2.24) is 9.88 Å². The number of fused-ring (bicyclic) bond motifs is 1. The van der Waals surface area contributed by atoms with Gasteiger partial charge >= 0.3 is 0 Å². The second-order valence-electron chi connectivity index (χ2n) is 4.12. The van der Waals surface area contributed by atoms with Crippen LogP contribution in [-0.2, 0) is 6.54 Å². The molecular formula is C12H17BrN4O. The molecule has 1 aliphatic heterocycles. The van der Waals surface area contributed by atoms with Crippen LogP contribution in [0.3, 0.4) is 0 Å². The van der Waals surface area contributed by atoms with Crippen molar-refractivity contribution in [2.75, 3.05) is 11.9 Å². The Bertz CT molecular complexity index is 550.